The third kappa shape index (κ3) is 4.21. The van der Waals surface area contributed by atoms with Crippen LogP contribution in [0.1, 0.15) is 17.3 Å². The Morgan fingerprint density at radius 3 is 2.31 bits per heavy atom. The first-order valence-corrected chi connectivity index (χ1v) is 10.00. The van der Waals surface area contributed by atoms with Crippen LogP contribution in [0.5, 0.6) is 0 Å². The molecule has 1 amide bonds. The SMILES string of the molecule is CCN(c1ccccc1)c1ccc(C(=O)N2CCN(c3ccccn3)CC2)cn1. The van der Waals surface area contributed by atoms with Crippen LogP contribution in [-0.4, -0.2) is 53.5 Å². The van der Waals surface area contributed by atoms with Gasteiger partial charge in [0.1, 0.15) is 11.6 Å². The highest BCUT2D eigenvalue weighted by Gasteiger charge is 2.23. The van der Waals surface area contributed by atoms with Crippen LogP contribution in [0, 0.1) is 0 Å². The molecule has 0 radical (unpaired) electrons. The number of aromatic nitrogens is 2. The predicted octanol–water partition coefficient (Wildman–Crippen LogP) is 3.60. The Bertz CT molecular complexity index is 923. The third-order valence-corrected chi connectivity index (χ3v) is 5.20. The van der Waals surface area contributed by atoms with Gasteiger partial charge in [0.2, 0.25) is 0 Å². The number of benzene rings is 1. The Hall–Kier alpha value is -3.41. The van der Waals surface area contributed by atoms with E-state index in [9.17, 15) is 4.79 Å². The molecule has 3 heterocycles. The standard InChI is InChI=1S/C23H25N5O/c1-2-28(20-8-4-3-5-9-20)22-12-11-19(18-25-22)23(29)27-16-14-26(15-17-27)21-10-6-7-13-24-21/h3-13,18H,2,14-17H2,1H3. The van der Waals surface area contributed by atoms with Gasteiger partial charge in [-0.3, -0.25) is 4.79 Å². The summed E-state index contributed by atoms with van der Waals surface area (Å²) >= 11 is 0. The second-order valence-electron chi connectivity index (χ2n) is 6.95. The van der Waals surface area contributed by atoms with Crippen LogP contribution in [0.2, 0.25) is 0 Å². The number of piperazine rings is 1. The average molecular weight is 387 g/mol. The molecule has 0 unspecified atom stereocenters. The average Bonchev–Trinajstić information content (AvgIpc) is 2.81. The van der Waals surface area contributed by atoms with Crippen molar-refractivity contribution in [2.75, 3.05) is 42.5 Å². The minimum absolute atomic E-state index is 0.0347. The van der Waals surface area contributed by atoms with Crippen molar-refractivity contribution in [3.05, 3.63) is 78.6 Å². The van der Waals surface area contributed by atoms with Crippen LogP contribution in [0.25, 0.3) is 0 Å². The van der Waals surface area contributed by atoms with Crippen LogP contribution in [0.4, 0.5) is 17.3 Å². The van der Waals surface area contributed by atoms with Crippen LogP contribution in [0.15, 0.2) is 73.1 Å². The molecule has 29 heavy (non-hydrogen) atoms. The van der Waals surface area contributed by atoms with Gasteiger partial charge in [0, 0.05) is 50.8 Å². The zero-order valence-corrected chi connectivity index (χ0v) is 16.6. The highest BCUT2D eigenvalue weighted by molar-refractivity contribution is 5.94. The van der Waals surface area contributed by atoms with Crippen molar-refractivity contribution >= 4 is 23.2 Å². The van der Waals surface area contributed by atoms with Crippen molar-refractivity contribution in [3.8, 4) is 0 Å². The van der Waals surface area contributed by atoms with Gasteiger partial charge in [-0.25, -0.2) is 9.97 Å². The normalized spacial score (nSPS) is 14.0. The molecule has 1 aliphatic heterocycles. The van der Waals surface area contributed by atoms with Gasteiger partial charge < -0.3 is 14.7 Å². The van der Waals surface area contributed by atoms with Crippen molar-refractivity contribution in [3.63, 3.8) is 0 Å². The van der Waals surface area contributed by atoms with Crippen LogP contribution < -0.4 is 9.80 Å². The summed E-state index contributed by atoms with van der Waals surface area (Å²) in [5, 5.41) is 0. The van der Waals surface area contributed by atoms with Gasteiger partial charge in [-0.1, -0.05) is 24.3 Å². The third-order valence-electron chi connectivity index (χ3n) is 5.20. The number of amides is 1. The van der Waals surface area contributed by atoms with E-state index < -0.39 is 0 Å². The van der Waals surface area contributed by atoms with Crippen molar-refractivity contribution in [2.24, 2.45) is 0 Å². The molecule has 6 heteroatoms. The lowest BCUT2D eigenvalue weighted by atomic mass is 10.2. The van der Waals surface area contributed by atoms with Gasteiger partial charge in [0.25, 0.3) is 5.91 Å². The van der Waals surface area contributed by atoms with Crippen LogP contribution in [0.3, 0.4) is 0 Å². The molecule has 0 atom stereocenters. The Kier molecular flexibility index (Phi) is 5.70. The number of carbonyl (C=O) groups is 1. The summed E-state index contributed by atoms with van der Waals surface area (Å²) < 4.78 is 0. The molecule has 4 rings (SSSR count). The number of rotatable bonds is 5. The van der Waals surface area contributed by atoms with E-state index in [1.807, 2.05) is 53.4 Å². The Morgan fingerprint density at radius 2 is 1.69 bits per heavy atom. The van der Waals surface area contributed by atoms with E-state index in [4.69, 9.17) is 0 Å². The first-order chi connectivity index (χ1) is 14.3. The molecule has 2 aromatic heterocycles. The molecule has 3 aromatic rings. The van der Waals surface area contributed by atoms with Crippen LogP contribution in [-0.2, 0) is 0 Å². The van der Waals surface area contributed by atoms with Gasteiger partial charge in [-0.15, -0.1) is 0 Å². The molecular weight excluding hydrogens is 362 g/mol. The monoisotopic (exact) mass is 387 g/mol. The number of anilines is 3. The number of carbonyl (C=O) groups excluding carboxylic acids is 1. The van der Waals surface area contributed by atoms with E-state index in [0.717, 1.165) is 37.0 Å². The van der Waals surface area contributed by atoms with Gasteiger partial charge in [0.15, 0.2) is 0 Å². The molecule has 1 aromatic carbocycles. The molecule has 0 N–H and O–H groups in total. The zero-order valence-electron chi connectivity index (χ0n) is 16.6. The topological polar surface area (TPSA) is 52.6 Å². The van der Waals surface area contributed by atoms with Gasteiger partial charge >= 0.3 is 0 Å². The maximum absolute atomic E-state index is 12.9. The highest BCUT2D eigenvalue weighted by Crippen LogP contribution is 2.23. The van der Waals surface area contributed by atoms with Gasteiger partial charge in [0.05, 0.1) is 5.56 Å². The molecular formula is C23H25N5O. The second-order valence-corrected chi connectivity index (χ2v) is 6.95. The summed E-state index contributed by atoms with van der Waals surface area (Å²) in [7, 11) is 0. The van der Waals surface area contributed by atoms with Gasteiger partial charge in [-0.05, 0) is 43.3 Å². The highest BCUT2D eigenvalue weighted by atomic mass is 16.2. The molecule has 6 nitrogen and oxygen atoms in total. The van der Waals surface area contributed by atoms with Crippen molar-refractivity contribution in [1.29, 1.82) is 0 Å². The number of hydrogen-bond donors (Lipinski definition) is 0. The largest absolute Gasteiger partial charge is 0.353 e. The number of nitrogens with zero attached hydrogens (tertiary/aromatic N) is 5. The van der Waals surface area contributed by atoms with Crippen LogP contribution >= 0.6 is 0 Å². The Labute approximate surface area is 171 Å². The van der Waals surface area contributed by atoms with Gasteiger partial charge in [-0.2, -0.15) is 0 Å². The summed E-state index contributed by atoms with van der Waals surface area (Å²) in [4.78, 5) is 28.1. The summed E-state index contributed by atoms with van der Waals surface area (Å²) in [6.45, 7) is 5.83. The smallest absolute Gasteiger partial charge is 0.255 e. The molecule has 0 aliphatic carbocycles. The quantitative estimate of drug-likeness (QED) is 0.670. The Morgan fingerprint density at radius 1 is 0.931 bits per heavy atom. The predicted molar refractivity (Wildman–Crippen MR) is 116 cm³/mol. The van der Waals surface area contributed by atoms with Crippen molar-refractivity contribution < 1.29 is 4.79 Å². The number of hydrogen-bond acceptors (Lipinski definition) is 5. The summed E-state index contributed by atoms with van der Waals surface area (Å²) in [5.74, 6) is 1.84. The number of pyridine rings is 2. The first-order valence-electron chi connectivity index (χ1n) is 10.00. The molecule has 1 aliphatic rings. The molecule has 0 bridgehead atoms. The lowest BCUT2D eigenvalue weighted by molar-refractivity contribution is 0.0746. The number of para-hydroxylation sites is 1. The lowest BCUT2D eigenvalue weighted by Gasteiger charge is -2.35. The molecule has 0 saturated carbocycles. The molecule has 1 saturated heterocycles. The zero-order chi connectivity index (χ0) is 20.1. The van der Waals surface area contributed by atoms with Crippen molar-refractivity contribution in [1.82, 2.24) is 14.9 Å². The summed E-state index contributed by atoms with van der Waals surface area (Å²) in [5.41, 5.74) is 1.72. The summed E-state index contributed by atoms with van der Waals surface area (Å²) in [6.07, 6.45) is 3.49. The fourth-order valence-electron chi connectivity index (χ4n) is 3.62. The first kappa shape index (κ1) is 18.9. The minimum atomic E-state index is 0.0347. The van der Waals surface area contributed by atoms with E-state index in [-0.39, 0.29) is 5.91 Å². The maximum atomic E-state index is 12.9. The molecule has 1 fully saturated rings. The lowest BCUT2D eigenvalue weighted by Crippen LogP contribution is -2.49. The maximum Gasteiger partial charge on any atom is 0.255 e. The van der Waals surface area contributed by atoms with E-state index in [1.165, 1.54) is 0 Å². The van der Waals surface area contributed by atoms with E-state index in [1.54, 1.807) is 12.4 Å². The fraction of sp³-hybridized carbons (Fsp3) is 0.261. The Balaban J connectivity index is 1.41. The summed E-state index contributed by atoms with van der Waals surface area (Å²) in [6, 6.07) is 19.9. The van der Waals surface area contributed by atoms with E-state index in [0.29, 0.717) is 18.7 Å². The van der Waals surface area contributed by atoms with E-state index in [2.05, 4.69) is 38.8 Å². The van der Waals surface area contributed by atoms with E-state index >= 15 is 0 Å². The molecule has 0 spiro atoms. The minimum Gasteiger partial charge on any atom is -0.353 e. The second kappa shape index (κ2) is 8.73. The van der Waals surface area contributed by atoms with Crippen molar-refractivity contribution in [2.45, 2.75) is 6.92 Å². The molecule has 148 valence electrons. The fourth-order valence-corrected chi connectivity index (χ4v) is 3.62.